The first-order valence-electron chi connectivity index (χ1n) is 6.62. The fourth-order valence-electron chi connectivity index (χ4n) is 2.07. The van der Waals surface area contributed by atoms with Crippen molar-refractivity contribution in [2.45, 2.75) is 13.0 Å². The molecule has 2 aromatic rings. The Morgan fingerprint density at radius 2 is 2.10 bits per heavy atom. The van der Waals surface area contributed by atoms with Gasteiger partial charge in [0.25, 0.3) is 0 Å². The van der Waals surface area contributed by atoms with E-state index in [-0.39, 0.29) is 0 Å². The molecule has 0 saturated carbocycles. The molecule has 0 aliphatic heterocycles. The Bertz CT molecular complexity index is 569. The molecule has 1 aromatic carbocycles. The first kappa shape index (κ1) is 14.6. The molecule has 2 rings (SSSR count). The molecule has 0 spiro atoms. The molecule has 0 saturated heterocycles. The predicted molar refractivity (Wildman–Crippen MR) is 86.6 cm³/mol. The van der Waals surface area contributed by atoms with E-state index in [0.717, 1.165) is 30.8 Å². The van der Waals surface area contributed by atoms with Gasteiger partial charge < -0.3 is 10.6 Å². The molecule has 104 valence electrons. The summed E-state index contributed by atoms with van der Waals surface area (Å²) < 4.78 is 0. The molecule has 0 unspecified atom stereocenters. The van der Waals surface area contributed by atoms with E-state index in [1.165, 1.54) is 5.56 Å². The second-order valence-corrected chi connectivity index (χ2v) is 5.31. The van der Waals surface area contributed by atoms with Gasteiger partial charge in [0.05, 0.1) is 0 Å². The molecule has 1 aromatic heterocycles. The molecule has 0 aliphatic rings. The van der Waals surface area contributed by atoms with Crippen molar-refractivity contribution in [3.63, 3.8) is 0 Å². The molecule has 3 nitrogen and oxygen atoms in total. The molecule has 0 atom stereocenters. The second kappa shape index (κ2) is 7.12. The molecular formula is C16H19N3S. The lowest BCUT2D eigenvalue weighted by atomic mass is 10.1. The second-order valence-electron chi connectivity index (χ2n) is 4.87. The van der Waals surface area contributed by atoms with Crippen LogP contribution in [0.1, 0.15) is 16.8 Å². The van der Waals surface area contributed by atoms with Gasteiger partial charge in [-0.2, -0.15) is 0 Å². The number of likely N-dealkylation sites (N-methyl/N-ethyl adjacent to an activating group) is 1. The van der Waals surface area contributed by atoms with Gasteiger partial charge in [-0.3, -0.25) is 4.98 Å². The average molecular weight is 285 g/mol. The van der Waals surface area contributed by atoms with Crippen molar-refractivity contribution in [1.82, 2.24) is 9.88 Å². The van der Waals surface area contributed by atoms with Crippen molar-refractivity contribution in [1.29, 1.82) is 0 Å². The highest BCUT2D eigenvalue weighted by atomic mass is 32.1. The maximum atomic E-state index is 5.66. The van der Waals surface area contributed by atoms with Crippen molar-refractivity contribution in [3.8, 4) is 0 Å². The van der Waals surface area contributed by atoms with Crippen LogP contribution < -0.4 is 5.73 Å². The Morgan fingerprint density at radius 3 is 2.80 bits per heavy atom. The minimum absolute atomic E-state index is 0.447. The van der Waals surface area contributed by atoms with Crippen LogP contribution in [0.4, 0.5) is 0 Å². The molecular weight excluding hydrogens is 266 g/mol. The number of thiocarbonyl (C=S) groups is 1. The Kier molecular flexibility index (Phi) is 5.21. The molecule has 0 aliphatic carbocycles. The lowest BCUT2D eigenvalue weighted by Gasteiger charge is -2.16. The molecule has 4 heteroatoms. The van der Waals surface area contributed by atoms with E-state index >= 15 is 0 Å². The van der Waals surface area contributed by atoms with Crippen LogP contribution in [0.2, 0.25) is 0 Å². The standard InChI is InChI=1S/C16H19N3S/c1-19(10-8-15-7-2-3-9-18-15)12-13-5-4-6-14(11-13)16(17)20/h2-7,9,11H,8,10,12H2,1H3,(H2,17,20). The van der Waals surface area contributed by atoms with Crippen molar-refractivity contribution in [2.24, 2.45) is 5.73 Å². The topological polar surface area (TPSA) is 42.2 Å². The van der Waals surface area contributed by atoms with Crippen LogP contribution in [-0.2, 0) is 13.0 Å². The summed E-state index contributed by atoms with van der Waals surface area (Å²) >= 11 is 5.01. The predicted octanol–water partition coefficient (Wildman–Crippen LogP) is 2.39. The maximum absolute atomic E-state index is 5.66. The third kappa shape index (κ3) is 4.40. The molecule has 0 amide bonds. The van der Waals surface area contributed by atoms with E-state index in [4.69, 9.17) is 18.0 Å². The van der Waals surface area contributed by atoms with Crippen LogP contribution in [0.3, 0.4) is 0 Å². The van der Waals surface area contributed by atoms with Gasteiger partial charge in [0.15, 0.2) is 0 Å². The highest BCUT2D eigenvalue weighted by molar-refractivity contribution is 7.80. The van der Waals surface area contributed by atoms with Gasteiger partial charge in [-0.1, -0.05) is 36.5 Å². The fraction of sp³-hybridized carbons (Fsp3) is 0.250. The Balaban J connectivity index is 1.89. The number of nitrogens with zero attached hydrogens (tertiary/aromatic N) is 2. The molecule has 20 heavy (non-hydrogen) atoms. The van der Waals surface area contributed by atoms with Crippen LogP contribution >= 0.6 is 12.2 Å². The summed E-state index contributed by atoms with van der Waals surface area (Å²) in [4.78, 5) is 7.05. The molecule has 2 N–H and O–H groups in total. The molecule has 1 heterocycles. The molecule has 0 bridgehead atoms. The van der Waals surface area contributed by atoms with E-state index < -0.39 is 0 Å². The third-order valence-corrected chi connectivity index (χ3v) is 3.38. The van der Waals surface area contributed by atoms with Gasteiger partial charge in [0.1, 0.15) is 4.99 Å². The van der Waals surface area contributed by atoms with Gasteiger partial charge in [0, 0.05) is 37.0 Å². The summed E-state index contributed by atoms with van der Waals surface area (Å²) in [6, 6.07) is 14.1. The van der Waals surface area contributed by atoms with Crippen LogP contribution in [0, 0.1) is 0 Å². The lowest BCUT2D eigenvalue weighted by Crippen LogP contribution is -2.21. The summed E-state index contributed by atoms with van der Waals surface area (Å²) in [7, 11) is 2.11. The zero-order valence-corrected chi connectivity index (χ0v) is 12.4. The fourth-order valence-corrected chi connectivity index (χ4v) is 2.19. The van der Waals surface area contributed by atoms with Crippen molar-refractivity contribution >= 4 is 17.2 Å². The van der Waals surface area contributed by atoms with E-state index in [9.17, 15) is 0 Å². The van der Waals surface area contributed by atoms with Crippen LogP contribution in [-0.4, -0.2) is 28.5 Å². The Labute approximate surface area is 125 Å². The zero-order chi connectivity index (χ0) is 14.4. The van der Waals surface area contributed by atoms with Crippen LogP contribution in [0.25, 0.3) is 0 Å². The normalized spacial score (nSPS) is 10.7. The van der Waals surface area contributed by atoms with E-state index in [1.807, 2.05) is 30.5 Å². The number of pyridine rings is 1. The number of rotatable bonds is 6. The summed E-state index contributed by atoms with van der Waals surface area (Å²) in [6.45, 7) is 1.84. The van der Waals surface area contributed by atoms with Gasteiger partial charge in [-0.05, 0) is 30.8 Å². The maximum Gasteiger partial charge on any atom is 0.103 e. The third-order valence-electron chi connectivity index (χ3n) is 3.14. The summed E-state index contributed by atoms with van der Waals surface area (Å²) in [6.07, 6.45) is 2.79. The summed E-state index contributed by atoms with van der Waals surface area (Å²) in [5.74, 6) is 0. The zero-order valence-electron chi connectivity index (χ0n) is 11.6. The SMILES string of the molecule is CN(CCc1ccccn1)Cc1cccc(C(N)=S)c1. The van der Waals surface area contributed by atoms with Gasteiger partial charge in [-0.25, -0.2) is 0 Å². The summed E-state index contributed by atoms with van der Waals surface area (Å²) in [5.41, 5.74) is 8.93. The first-order chi connectivity index (χ1) is 9.65. The number of aromatic nitrogens is 1. The molecule has 0 fully saturated rings. The van der Waals surface area contributed by atoms with Gasteiger partial charge in [0.2, 0.25) is 0 Å². The van der Waals surface area contributed by atoms with Crippen molar-refractivity contribution < 1.29 is 0 Å². The number of hydrogen-bond donors (Lipinski definition) is 1. The van der Waals surface area contributed by atoms with Crippen molar-refractivity contribution in [3.05, 3.63) is 65.5 Å². The van der Waals surface area contributed by atoms with Crippen LogP contribution in [0.15, 0.2) is 48.7 Å². The lowest BCUT2D eigenvalue weighted by molar-refractivity contribution is 0.330. The smallest absolute Gasteiger partial charge is 0.103 e. The number of hydrogen-bond acceptors (Lipinski definition) is 3. The minimum Gasteiger partial charge on any atom is -0.389 e. The molecule has 0 radical (unpaired) electrons. The first-order valence-corrected chi connectivity index (χ1v) is 7.03. The number of benzene rings is 1. The minimum atomic E-state index is 0.447. The summed E-state index contributed by atoms with van der Waals surface area (Å²) in [5, 5.41) is 0. The van der Waals surface area contributed by atoms with E-state index in [0.29, 0.717) is 4.99 Å². The van der Waals surface area contributed by atoms with Crippen LogP contribution in [0.5, 0.6) is 0 Å². The van der Waals surface area contributed by atoms with Gasteiger partial charge in [-0.15, -0.1) is 0 Å². The monoisotopic (exact) mass is 285 g/mol. The highest BCUT2D eigenvalue weighted by Crippen LogP contribution is 2.08. The van der Waals surface area contributed by atoms with E-state index in [1.54, 1.807) is 0 Å². The largest absolute Gasteiger partial charge is 0.389 e. The Hall–Kier alpha value is -1.78. The van der Waals surface area contributed by atoms with Crippen molar-refractivity contribution in [2.75, 3.05) is 13.6 Å². The van der Waals surface area contributed by atoms with Gasteiger partial charge >= 0.3 is 0 Å². The van der Waals surface area contributed by atoms with E-state index in [2.05, 4.69) is 35.1 Å². The quantitative estimate of drug-likeness (QED) is 0.828. The number of nitrogens with two attached hydrogens (primary N) is 1. The highest BCUT2D eigenvalue weighted by Gasteiger charge is 2.03. The average Bonchev–Trinajstić information content (AvgIpc) is 2.46. The Morgan fingerprint density at radius 1 is 1.25 bits per heavy atom.